The Labute approximate surface area is 161 Å². The summed E-state index contributed by atoms with van der Waals surface area (Å²) >= 11 is 0. The van der Waals surface area contributed by atoms with Crippen LogP contribution in [-0.4, -0.2) is 40.3 Å². The van der Waals surface area contributed by atoms with E-state index in [2.05, 4.69) is 0 Å². The van der Waals surface area contributed by atoms with Gasteiger partial charge in [-0.2, -0.15) is 0 Å². The first kappa shape index (κ1) is 17.3. The summed E-state index contributed by atoms with van der Waals surface area (Å²) in [5.41, 5.74) is 0. The number of hydrogen-bond acceptors (Lipinski definition) is 6. The van der Waals surface area contributed by atoms with Gasteiger partial charge in [0, 0.05) is 12.8 Å². The van der Waals surface area contributed by atoms with Crippen molar-refractivity contribution in [2.24, 2.45) is 11.8 Å². The molecule has 2 N–H and O–H groups in total. The summed E-state index contributed by atoms with van der Waals surface area (Å²) in [6.45, 7) is 1.32. The molecule has 2 aromatic rings. The fourth-order valence-electron chi connectivity index (χ4n) is 4.61. The Morgan fingerprint density at radius 2 is 1.68 bits per heavy atom. The highest BCUT2D eigenvalue weighted by atomic mass is 16.7. The van der Waals surface area contributed by atoms with Crippen molar-refractivity contribution in [3.05, 3.63) is 60.7 Å². The van der Waals surface area contributed by atoms with Crippen LogP contribution in [0.2, 0.25) is 0 Å². The Balaban J connectivity index is 1.63. The minimum Gasteiger partial charge on any atom is -0.458 e. The standard InChI is InChI=1S/C22H20O6/c1-12(23)26-16-9-8-15(25)21-20(16)14(24)10-11-22(21)27-17-6-2-4-13-5-3-7-18(28-22)19(13)17/h2-11,14-16,20-21,24-25H,1H3/t14-,15+,16-,20+,21?/m0/s1. The molecule has 0 fully saturated rings. The third-order valence-corrected chi connectivity index (χ3v) is 5.71. The van der Waals surface area contributed by atoms with Crippen LogP contribution in [-0.2, 0) is 9.53 Å². The predicted molar refractivity (Wildman–Crippen MR) is 101 cm³/mol. The maximum atomic E-state index is 11.6. The minimum atomic E-state index is -1.32. The van der Waals surface area contributed by atoms with E-state index in [1.165, 1.54) is 6.92 Å². The van der Waals surface area contributed by atoms with Gasteiger partial charge in [0.1, 0.15) is 17.6 Å². The number of fused-ring (bicyclic) bond motifs is 2. The maximum absolute atomic E-state index is 11.6. The van der Waals surface area contributed by atoms with Crippen LogP contribution in [0.25, 0.3) is 10.8 Å². The van der Waals surface area contributed by atoms with Crippen molar-refractivity contribution in [3.63, 3.8) is 0 Å². The van der Waals surface area contributed by atoms with Crippen LogP contribution in [0.15, 0.2) is 60.7 Å². The van der Waals surface area contributed by atoms with Gasteiger partial charge in [-0.05, 0) is 29.7 Å². The molecule has 2 aliphatic carbocycles. The van der Waals surface area contributed by atoms with Crippen molar-refractivity contribution < 1.29 is 29.2 Å². The van der Waals surface area contributed by atoms with Gasteiger partial charge in [-0.1, -0.05) is 36.4 Å². The molecule has 144 valence electrons. The van der Waals surface area contributed by atoms with Gasteiger partial charge in [0.2, 0.25) is 0 Å². The van der Waals surface area contributed by atoms with Crippen molar-refractivity contribution in [3.8, 4) is 11.5 Å². The lowest BCUT2D eigenvalue weighted by Crippen LogP contribution is -2.63. The number of aliphatic hydroxyl groups is 2. The zero-order valence-electron chi connectivity index (χ0n) is 15.2. The number of esters is 1. The topological polar surface area (TPSA) is 85.2 Å². The fraction of sp³-hybridized carbons (Fsp3) is 0.318. The Kier molecular flexibility index (Phi) is 3.76. The normalized spacial score (nSPS) is 31.8. The molecule has 28 heavy (non-hydrogen) atoms. The lowest BCUT2D eigenvalue weighted by molar-refractivity contribution is -0.198. The minimum absolute atomic E-state index is 0.457. The Bertz CT molecular complexity index is 969. The molecule has 5 rings (SSSR count). The average molecular weight is 380 g/mol. The third kappa shape index (κ3) is 2.45. The van der Waals surface area contributed by atoms with Crippen molar-refractivity contribution in [1.82, 2.24) is 0 Å². The molecule has 5 atom stereocenters. The zero-order chi connectivity index (χ0) is 19.5. The second-order valence-electron chi connectivity index (χ2n) is 7.44. The van der Waals surface area contributed by atoms with Crippen LogP contribution < -0.4 is 9.47 Å². The molecule has 1 spiro atoms. The Morgan fingerprint density at radius 3 is 2.32 bits per heavy atom. The monoisotopic (exact) mass is 380 g/mol. The van der Waals surface area contributed by atoms with E-state index in [9.17, 15) is 15.0 Å². The molecule has 0 aromatic heterocycles. The van der Waals surface area contributed by atoms with Gasteiger partial charge < -0.3 is 24.4 Å². The summed E-state index contributed by atoms with van der Waals surface area (Å²) in [6.07, 6.45) is 3.86. The summed E-state index contributed by atoms with van der Waals surface area (Å²) in [5.74, 6) is -1.78. The molecular formula is C22H20O6. The first-order valence-electron chi connectivity index (χ1n) is 9.29. The number of hydrogen-bond donors (Lipinski definition) is 2. The molecule has 0 radical (unpaired) electrons. The summed E-state index contributed by atoms with van der Waals surface area (Å²) in [5, 5.41) is 23.3. The molecule has 0 bridgehead atoms. The van der Waals surface area contributed by atoms with Crippen LogP contribution in [0.3, 0.4) is 0 Å². The molecule has 6 heteroatoms. The van der Waals surface area contributed by atoms with E-state index in [4.69, 9.17) is 14.2 Å². The number of carbonyl (C=O) groups excluding carboxylic acids is 1. The van der Waals surface area contributed by atoms with Gasteiger partial charge in [-0.3, -0.25) is 4.79 Å². The lowest BCUT2D eigenvalue weighted by Gasteiger charge is -2.51. The fourth-order valence-corrected chi connectivity index (χ4v) is 4.61. The summed E-state index contributed by atoms with van der Waals surface area (Å²) in [7, 11) is 0. The van der Waals surface area contributed by atoms with Gasteiger partial charge in [0.15, 0.2) is 0 Å². The number of ether oxygens (including phenoxy) is 3. The van der Waals surface area contributed by atoms with E-state index >= 15 is 0 Å². The molecular weight excluding hydrogens is 360 g/mol. The first-order valence-corrected chi connectivity index (χ1v) is 9.29. The molecule has 1 unspecified atom stereocenters. The van der Waals surface area contributed by atoms with E-state index in [1.54, 1.807) is 24.3 Å². The van der Waals surface area contributed by atoms with Gasteiger partial charge in [0.25, 0.3) is 5.79 Å². The van der Waals surface area contributed by atoms with Crippen molar-refractivity contribution in [2.75, 3.05) is 0 Å². The SMILES string of the molecule is CC(=O)O[C@H]1C=C[C@@H](O)C2[C@@H]1[C@@H](O)C=CC21Oc2cccc3cccc(c23)O1. The quantitative estimate of drug-likeness (QED) is 0.584. The van der Waals surface area contributed by atoms with Crippen molar-refractivity contribution in [2.45, 2.75) is 31.0 Å². The lowest BCUT2D eigenvalue weighted by atomic mass is 9.68. The average Bonchev–Trinajstić information content (AvgIpc) is 2.66. The number of aliphatic hydroxyl groups excluding tert-OH is 2. The van der Waals surface area contributed by atoms with Crippen LogP contribution in [0.5, 0.6) is 11.5 Å². The highest BCUT2D eigenvalue weighted by Gasteiger charge is 2.58. The van der Waals surface area contributed by atoms with Gasteiger partial charge in [0.05, 0.1) is 23.5 Å². The molecule has 1 aliphatic heterocycles. The second-order valence-corrected chi connectivity index (χ2v) is 7.44. The van der Waals surface area contributed by atoms with E-state index in [0.29, 0.717) is 11.5 Å². The zero-order valence-corrected chi connectivity index (χ0v) is 15.2. The van der Waals surface area contributed by atoms with Crippen LogP contribution in [0, 0.1) is 11.8 Å². The van der Waals surface area contributed by atoms with Crippen LogP contribution in [0.4, 0.5) is 0 Å². The third-order valence-electron chi connectivity index (χ3n) is 5.71. The van der Waals surface area contributed by atoms with Gasteiger partial charge in [-0.15, -0.1) is 0 Å². The smallest absolute Gasteiger partial charge is 0.303 e. The molecule has 0 saturated carbocycles. The Morgan fingerprint density at radius 1 is 1.00 bits per heavy atom. The highest BCUT2D eigenvalue weighted by Crippen LogP contribution is 2.50. The van der Waals surface area contributed by atoms with E-state index < -0.39 is 41.9 Å². The van der Waals surface area contributed by atoms with E-state index in [1.807, 2.05) is 36.4 Å². The number of benzene rings is 2. The van der Waals surface area contributed by atoms with Gasteiger partial charge >= 0.3 is 5.97 Å². The summed E-state index contributed by atoms with van der Waals surface area (Å²) in [4.78, 5) is 11.6. The second kappa shape index (κ2) is 6.09. The van der Waals surface area contributed by atoms with E-state index in [-0.39, 0.29) is 0 Å². The predicted octanol–water partition coefficient (Wildman–Crippen LogP) is 2.33. The number of rotatable bonds is 1. The first-order chi connectivity index (χ1) is 13.5. The number of carbonyl (C=O) groups is 1. The largest absolute Gasteiger partial charge is 0.458 e. The molecule has 3 aliphatic rings. The molecule has 6 nitrogen and oxygen atoms in total. The maximum Gasteiger partial charge on any atom is 0.303 e. The van der Waals surface area contributed by atoms with Crippen molar-refractivity contribution in [1.29, 1.82) is 0 Å². The molecule has 0 saturated heterocycles. The van der Waals surface area contributed by atoms with Crippen LogP contribution >= 0.6 is 0 Å². The van der Waals surface area contributed by atoms with Crippen molar-refractivity contribution >= 4 is 16.7 Å². The highest BCUT2D eigenvalue weighted by molar-refractivity contribution is 5.94. The Hall–Kier alpha value is -2.83. The summed E-state index contributed by atoms with van der Waals surface area (Å²) < 4.78 is 18.0. The molecule has 1 heterocycles. The van der Waals surface area contributed by atoms with Gasteiger partial charge in [-0.25, -0.2) is 0 Å². The van der Waals surface area contributed by atoms with E-state index in [0.717, 1.165) is 10.8 Å². The molecule has 0 amide bonds. The molecule has 2 aromatic carbocycles. The van der Waals surface area contributed by atoms with Crippen LogP contribution in [0.1, 0.15) is 6.92 Å². The summed E-state index contributed by atoms with van der Waals surface area (Å²) in [6, 6.07) is 11.5.